The first kappa shape index (κ1) is 44.0. The summed E-state index contributed by atoms with van der Waals surface area (Å²) in [4.78, 5) is 74.2. The fourth-order valence-corrected chi connectivity index (χ4v) is 9.07. The zero-order valence-corrected chi connectivity index (χ0v) is 35.9. The number of carbonyl (C=O) groups is 5. The Morgan fingerprint density at radius 3 is 2.27 bits per heavy atom. The van der Waals surface area contributed by atoms with Crippen LogP contribution in [0.1, 0.15) is 61.9 Å². The van der Waals surface area contributed by atoms with Gasteiger partial charge in [-0.1, -0.05) is 99.5 Å². The molecular formula is C47H52N6O8S. The standard InChI is InChI=1S/C47H52N6O8S/c1-5-18-48-41(56)27-60-26-38-42(62-28-50-38)31-16-14-29(15-17-31)21-49-44(57)39-20-32(54)24-53(39)45(58)43(47(2,3)4)51-40(55)19-30-22-52(23-30)46(59)61-25-37-35-12-8-6-10-33(35)34-11-7-9-13-36(34)37/h1,6-17,28,30,32,37,39,43,54H,18-27H2,2-4H3,(H,48,56)(H,49,57)(H,51,55)/t32-,39+,43-/m1/s1. The quantitative estimate of drug-likeness (QED) is 0.126. The van der Waals surface area contributed by atoms with Crippen LogP contribution in [0.25, 0.3) is 21.6 Å². The van der Waals surface area contributed by atoms with Gasteiger partial charge in [0.2, 0.25) is 23.6 Å². The number of nitrogens with one attached hydrogen (secondary N) is 3. The summed E-state index contributed by atoms with van der Waals surface area (Å²) in [6, 6.07) is 22.0. The molecule has 3 aliphatic rings. The Bertz CT molecular complexity index is 2280. The van der Waals surface area contributed by atoms with E-state index in [0.717, 1.165) is 38.3 Å². The maximum Gasteiger partial charge on any atom is 0.409 e. The summed E-state index contributed by atoms with van der Waals surface area (Å²) < 4.78 is 11.3. The van der Waals surface area contributed by atoms with Crippen LogP contribution in [0.15, 0.2) is 78.3 Å². The van der Waals surface area contributed by atoms with Gasteiger partial charge in [-0.15, -0.1) is 17.8 Å². The minimum absolute atomic E-state index is 0.0394. The van der Waals surface area contributed by atoms with Crippen LogP contribution in [0, 0.1) is 23.7 Å². The highest BCUT2D eigenvalue weighted by Crippen LogP contribution is 2.44. The van der Waals surface area contributed by atoms with Crippen molar-refractivity contribution in [1.82, 2.24) is 30.7 Å². The summed E-state index contributed by atoms with van der Waals surface area (Å²) in [5.74, 6) is 0.693. The molecule has 1 aromatic heterocycles. The molecule has 0 saturated carbocycles. The van der Waals surface area contributed by atoms with Crippen molar-refractivity contribution in [2.45, 2.75) is 70.9 Å². The van der Waals surface area contributed by atoms with Crippen LogP contribution >= 0.6 is 11.3 Å². The minimum atomic E-state index is -0.964. The lowest BCUT2D eigenvalue weighted by molar-refractivity contribution is -0.144. The molecule has 2 fully saturated rings. The Balaban J connectivity index is 0.878. The molecule has 62 heavy (non-hydrogen) atoms. The second-order valence-electron chi connectivity index (χ2n) is 17.1. The smallest absolute Gasteiger partial charge is 0.409 e. The fourth-order valence-electron chi connectivity index (χ4n) is 8.26. The van der Waals surface area contributed by atoms with E-state index >= 15 is 0 Å². The van der Waals surface area contributed by atoms with Gasteiger partial charge in [0.25, 0.3) is 0 Å². The van der Waals surface area contributed by atoms with Crippen molar-refractivity contribution in [1.29, 1.82) is 0 Å². The van der Waals surface area contributed by atoms with Crippen molar-refractivity contribution in [3.8, 4) is 33.9 Å². The van der Waals surface area contributed by atoms with Gasteiger partial charge in [-0.3, -0.25) is 19.2 Å². The number of nitrogens with zero attached hydrogens (tertiary/aromatic N) is 3. The maximum absolute atomic E-state index is 14.1. The highest BCUT2D eigenvalue weighted by molar-refractivity contribution is 7.13. The third-order valence-corrected chi connectivity index (χ3v) is 12.4. The molecule has 0 unspecified atom stereocenters. The summed E-state index contributed by atoms with van der Waals surface area (Å²) >= 11 is 1.44. The number of terminal acetylenes is 1. The Morgan fingerprint density at radius 1 is 0.935 bits per heavy atom. The Hall–Kier alpha value is -6.08. The second-order valence-corrected chi connectivity index (χ2v) is 17.9. The van der Waals surface area contributed by atoms with E-state index in [-0.39, 0.29) is 75.9 Å². The number of hydrogen-bond donors (Lipinski definition) is 4. The van der Waals surface area contributed by atoms with Gasteiger partial charge >= 0.3 is 6.09 Å². The van der Waals surface area contributed by atoms with Crippen molar-refractivity contribution in [3.63, 3.8) is 0 Å². The monoisotopic (exact) mass is 860 g/mol. The minimum Gasteiger partial charge on any atom is -0.448 e. The van der Waals surface area contributed by atoms with Gasteiger partial charge in [-0.2, -0.15) is 0 Å². The SMILES string of the molecule is C#CCNC(=O)COCc1ncsc1-c1ccc(CNC(=O)[C@@H]2C[C@@H](O)CN2C(=O)[C@@H](NC(=O)CC2CN(C(=O)OCC3c4ccccc4-c4ccccc43)C2)C(C)(C)C)cc1. The Morgan fingerprint density at radius 2 is 1.61 bits per heavy atom. The van der Waals surface area contributed by atoms with E-state index in [1.165, 1.54) is 16.2 Å². The lowest BCUT2D eigenvalue weighted by atomic mass is 9.85. The summed E-state index contributed by atoms with van der Waals surface area (Å²) in [5, 5.41) is 19.0. The van der Waals surface area contributed by atoms with Crippen LogP contribution in [0.4, 0.5) is 4.79 Å². The average Bonchev–Trinajstić information content (AvgIpc) is 3.96. The number of β-amino-alcohol motifs (C(OH)–C–C–N with tert-alkyl or cyclic N) is 1. The molecule has 3 aromatic carbocycles. The summed E-state index contributed by atoms with van der Waals surface area (Å²) in [6.07, 6.45) is 4.03. The number of benzene rings is 3. The first-order valence-electron chi connectivity index (χ1n) is 20.8. The molecule has 14 nitrogen and oxygen atoms in total. The van der Waals surface area contributed by atoms with Gasteiger partial charge in [-0.25, -0.2) is 9.78 Å². The number of aromatic nitrogens is 1. The van der Waals surface area contributed by atoms with Crippen LogP contribution in [0.5, 0.6) is 0 Å². The molecule has 324 valence electrons. The van der Waals surface area contributed by atoms with Crippen molar-refractivity contribution in [2.75, 3.05) is 39.4 Å². The predicted octanol–water partition coefficient (Wildman–Crippen LogP) is 4.46. The van der Waals surface area contributed by atoms with Gasteiger partial charge in [0.15, 0.2) is 0 Å². The van der Waals surface area contributed by atoms with Gasteiger partial charge < -0.3 is 40.3 Å². The summed E-state index contributed by atoms with van der Waals surface area (Å²) in [7, 11) is 0. The number of aliphatic hydroxyl groups excluding tert-OH is 1. The third-order valence-electron chi connectivity index (χ3n) is 11.5. The number of hydrogen-bond acceptors (Lipinski definition) is 10. The number of rotatable bonds is 15. The number of aliphatic hydroxyl groups is 1. The molecule has 2 saturated heterocycles. The largest absolute Gasteiger partial charge is 0.448 e. The Labute approximate surface area is 365 Å². The highest BCUT2D eigenvalue weighted by atomic mass is 32.1. The summed E-state index contributed by atoms with van der Waals surface area (Å²) in [5.41, 5.74) is 7.97. The van der Waals surface area contributed by atoms with Crippen LogP contribution in [-0.2, 0) is 41.8 Å². The molecule has 1 aliphatic carbocycles. The van der Waals surface area contributed by atoms with E-state index < -0.39 is 41.5 Å². The second kappa shape index (κ2) is 19.3. The van der Waals surface area contributed by atoms with Crippen molar-refractivity contribution in [2.24, 2.45) is 11.3 Å². The molecule has 4 aromatic rings. The number of ether oxygens (including phenoxy) is 2. The third kappa shape index (κ3) is 10.2. The van der Waals surface area contributed by atoms with E-state index in [0.29, 0.717) is 18.8 Å². The van der Waals surface area contributed by atoms with E-state index in [1.807, 2.05) is 69.3 Å². The molecule has 4 N–H and O–H groups in total. The average molecular weight is 861 g/mol. The first-order chi connectivity index (χ1) is 29.8. The number of amides is 5. The molecular weight excluding hydrogens is 809 g/mol. The summed E-state index contributed by atoms with van der Waals surface area (Å²) in [6.45, 7) is 6.74. The normalized spacial score (nSPS) is 17.6. The topological polar surface area (TPSA) is 179 Å². The van der Waals surface area contributed by atoms with Crippen LogP contribution in [0.2, 0.25) is 0 Å². The predicted molar refractivity (Wildman–Crippen MR) is 233 cm³/mol. The Kier molecular flexibility index (Phi) is 13.7. The van der Waals surface area contributed by atoms with Crippen LogP contribution < -0.4 is 16.0 Å². The molecule has 15 heteroatoms. The van der Waals surface area contributed by atoms with Gasteiger partial charge in [0.1, 0.15) is 25.3 Å². The zero-order valence-electron chi connectivity index (χ0n) is 35.1. The fraction of sp³-hybridized carbons (Fsp3) is 0.404. The van der Waals surface area contributed by atoms with Crippen molar-refractivity contribution in [3.05, 3.63) is 101 Å². The molecule has 5 amide bonds. The van der Waals surface area contributed by atoms with Gasteiger partial charge in [0, 0.05) is 50.9 Å². The van der Waals surface area contributed by atoms with E-state index in [1.54, 1.807) is 10.4 Å². The molecule has 0 radical (unpaired) electrons. The van der Waals surface area contributed by atoms with E-state index in [2.05, 4.69) is 51.1 Å². The van der Waals surface area contributed by atoms with Crippen molar-refractivity contribution >= 4 is 41.1 Å². The van der Waals surface area contributed by atoms with Crippen molar-refractivity contribution < 1.29 is 38.6 Å². The van der Waals surface area contributed by atoms with Gasteiger partial charge in [0.05, 0.1) is 35.3 Å². The zero-order chi connectivity index (χ0) is 44.0. The molecule has 3 atom stereocenters. The lowest BCUT2D eigenvalue weighted by Gasteiger charge is -2.39. The number of carbonyl (C=O) groups excluding carboxylic acids is 5. The number of fused-ring (bicyclic) bond motifs is 3. The molecule has 2 aliphatic heterocycles. The van der Waals surface area contributed by atoms with E-state index in [9.17, 15) is 29.1 Å². The highest BCUT2D eigenvalue weighted by Gasteiger charge is 2.45. The molecule has 3 heterocycles. The molecule has 7 rings (SSSR count). The number of likely N-dealkylation sites (tertiary alicyclic amines) is 2. The lowest BCUT2D eigenvalue weighted by Crippen LogP contribution is -2.58. The van der Waals surface area contributed by atoms with Crippen LogP contribution in [-0.4, -0.2) is 107 Å². The number of thiazole rings is 1. The molecule has 0 bridgehead atoms. The van der Waals surface area contributed by atoms with E-state index in [4.69, 9.17) is 15.9 Å². The molecule has 0 spiro atoms. The first-order valence-corrected chi connectivity index (χ1v) is 21.6. The maximum atomic E-state index is 14.1. The van der Waals surface area contributed by atoms with Crippen LogP contribution in [0.3, 0.4) is 0 Å². The van der Waals surface area contributed by atoms with Gasteiger partial charge in [-0.05, 0) is 38.8 Å².